The van der Waals surface area contributed by atoms with E-state index in [0.29, 0.717) is 13.0 Å². The lowest BCUT2D eigenvalue weighted by Crippen LogP contribution is -2.28. The number of hydrogen-bond acceptors (Lipinski definition) is 4. The number of nitrogens with zero attached hydrogens (tertiary/aromatic N) is 1. The van der Waals surface area contributed by atoms with E-state index in [9.17, 15) is 4.79 Å². The van der Waals surface area contributed by atoms with Gasteiger partial charge in [0.15, 0.2) is 11.5 Å². The van der Waals surface area contributed by atoms with Crippen molar-refractivity contribution in [2.24, 2.45) is 0 Å². The summed E-state index contributed by atoms with van der Waals surface area (Å²) in [6.45, 7) is 2.58. The Kier molecular flexibility index (Phi) is 9.80. The molecule has 0 fully saturated rings. The first-order valence-electron chi connectivity index (χ1n) is 10.00. The smallest absolute Gasteiger partial charge is 0.223 e. The van der Waals surface area contributed by atoms with Crippen molar-refractivity contribution in [3.63, 3.8) is 0 Å². The van der Waals surface area contributed by atoms with Crippen LogP contribution in [0.25, 0.3) is 6.08 Å². The molecule has 0 spiro atoms. The number of nitrogens with one attached hydrogen (secondary N) is 1. The van der Waals surface area contributed by atoms with Crippen LogP contribution in [0.15, 0.2) is 54.6 Å². The van der Waals surface area contributed by atoms with E-state index in [1.807, 2.05) is 54.6 Å². The number of ether oxygens (including phenoxy) is 2. The Morgan fingerprint density at radius 2 is 1.79 bits per heavy atom. The van der Waals surface area contributed by atoms with Crippen molar-refractivity contribution in [2.45, 2.75) is 19.3 Å². The second-order valence-corrected chi connectivity index (χ2v) is 6.96. The number of carbonyl (C=O) groups excluding carboxylic acids is 1. The van der Waals surface area contributed by atoms with Gasteiger partial charge in [0.2, 0.25) is 5.91 Å². The van der Waals surface area contributed by atoms with E-state index in [1.54, 1.807) is 14.2 Å². The summed E-state index contributed by atoms with van der Waals surface area (Å²) in [5.41, 5.74) is 2.32. The lowest BCUT2D eigenvalue weighted by molar-refractivity contribution is -0.120. The number of hydrogen-bond donors (Lipinski definition) is 1. The minimum Gasteiger partial charge on any atom is -0.493 e. The highest BCUT2D eigenvalue weighted by molar-refractivity contribution is 5.78. The Labute approximate surface area is 174 Å². The zero-order valence-corrected chi connectivity index (χ0v) is 17.7. The number of benzene rings is 2. The van der Waals surface area contributed by atoms with Crippen molar-refractivity contribution in [3.05, 3.63) is 65.7 Å². The van der Waals surface area contributed by atoms with Gasteiger partial charge in [0, 0.05) is 19.5 Å². The highest BCUT2D eigenvalue weighted by Crippen LogP contribution is 2.27. The third kappa shape index (κ3) is 8.40. The Balaban J connectivity index is 1.60. The highest BCUT2D eigenvalue weighted by Gasteiger charge is 2.06. The molecule has 0 saturated heterocycles. The summed E-state index contributed by atoms with van der Waals surface area (Å²) in [7, 11) is 5.40. The molecule has 0 bridgehead atoms. The molecular formula is C24H32N2O3. The molecule has 1 amide bonds. The van der Waals surface area contributed by atoms with Crippen molar-refractivity contribution in [3.8, 4) is 11.5 Å². The molecule has 0 atom stereocenters. The maximum atomic E-state index is 11.9. The van der Waals surface area contributed by atoms with Gasteiger partial charge in [-0.2, -0.15) is 0 Å². The van der Waals surface area contributed by atoms with Gasteiger partial charge >= 0.3 is 0 Å². The molecule has 2 aromatic rings. The minimum atomic E-state index is 0.0603. The first kappa shape index (κ1) is 22.5. The number of carbonyl (C=O) groups is 1. The van der Waals surface area contributed by atoms with Crippen LogP contribution in [0.1, 0.15) is 24.0 Å². The largest absolute Gasteiger partial charge is 0.493 e. The quantitative estimate of drug-likeness (QED) is 0.555. The van der Waals surface area contributed by atoms with Gasteiger partial charge in [-0.15, -0.1) is 0 Å². The van der Waals surface area contributed by atoms with Crippen LogP contribution in [0.3, 0.4) is 0 Å². The molecule has 29 heavy (non-hydrogen) atoms. The van der Waals surface area contributed by atoms with Gasteiger partial charge < -0.3 is 19.7 Å². The number of likely N-dealkylation sites (N-methyl/N-ethyl adjacent to an activating group) is 1. The molecular weight excluding hydrogens is 364 g/mol. The van der Waals surface area contributed by atoms with Crippen LogP contribution in [-0.4, -0.2) is 51.7 Å². The van der Waals surface area contributed by atoms with Gasteiger partial charge in [-0.3, -0.25) is 4.79 Å². The summed E-state index contributed by atoms with van der Waals surface area (Å²) >= 11 is 0. The molecule has 0 aliphatic heterocycles. The highest BCUT2D eigenvalue weighted by atomic mass is 16.5. The summed E-state index contributed by atoms with van der Waals surface area (Å²) in [5, 5.41) is 2.98. The van der Waals surface area contributed by atoms with E-state index in [0.717, 1.165) is 43.0 Å². The summed E-state index contributed by atoms with van der Waals surface area (Å²) in [6, 6.07) is 16.0. The monoisotopic (exact) mass is 396 g/mol. The molecule has 2 rings (SSSR count). The van der Waals surface area contributed by atoms with Crippen LogP contribution in [-0.2, 0) is 11.2 Å². The van der Waals surface area contributed by atoms with Crippen LogP contribution in [0.4, 0.5) is 0 Å². The van der Waals surface area contributed by atoms with Gasteiger partial charge in [0.05, 0.1) is 14.2 Å². The molecule has 0 aliphatic carbocycles. The van der Waals surface area contributed by atoms with Crippen LogP contribution < -0.4 is 14.8 Å². The standard InChI is InChI=1S/C24H32N2O3/c1-26(18-15-21-13-14-22(28-2)23(19-21)29-3)17-8-16-25-24(27)12-7-11-20-9-5-4-6-10-20/h4-7,9-11,13-14,19H,8,12,15-18H2,1-3H3,(H,25,27)/b11-7+. The molecule has 156 valence electrons. The van der Waals surface area contributed by atoms with Crippen molar-refractivity contribution < 1.29 is 14.3 Å². The van der Waals surface area contributed by atoms with Gasteiger partial charge in [0.25, 0.3) is 0 Å². The van der Waals surface area contributed by atoms with Crippen LogP contribution in [0.5, 0.6) is 11.5 Å². The fourth-order valence-corrected chi connectivity index (χ4v) is 2.98. The Morgan fingerprint density at radius 1 is 1.03 bits per heavy atom. The minimum absolute atomic E-state index is 0.0603. The molecule has 2 aromatic carbocycles. The van der Waals surface area contributed by atoms with Crippen molar-refractivity contribution >= 4 is 12.0 Å². The zero-order valence-electron chi connectivity index (χ0n) is 17.7. The molecule has 0 aliphatic rings. The van der Waals surface area contributed by atoms with E-state index >= 15 is 0 Å². The number of methoxy groups -OCH3 is 2. The molecule has 5 nitrogen and oxygen atoms in total. The van der Waals surface area contributed by atoms with Crippen molar-refractivity contribution in [1.82, 2.24) is 10.2 Å². The topological polar surface area (TPSA) is 50.8 Å². The Hall–Kier alpha value is -2.79. The maximum Gasteiger partial charge on any atom is 0.223 e. The summed E-state index contributed by atoms with van der Waals surface area (Å²) in [4.78, 5) is 14.2. The molecule has 0 heterocycles. The lowest BCUT2D eigenvalue weighted by atomic mass is 10.1. The van der Waals surface area contributed by atoms with Crippen molar-refractivity contribution in [2.75, 3.05) is 40.9 Å². The van der Waals surface area contributed by atoms with E-state index < -0.39 is 0 Å². The van der Waals surface area contributed by atoms with E-state index in [2.05, 4.69) is 23.3 Å². The molecule has 5 heteroatoms. The van der Waals surface area contributed by atoms with E-state index in [1.165, 1.54) is 5.56 Å². The molecule has 1 N–H and O–H groups in total. The maximum absolute atomic E-state index is 11.9. The summed E-state index contributed by atoms with van der Waals surface area (Å²) in [5.74, 6) is 1.57. The van der Waals surface area contributed by atoms with Gasteiger partial charge in [0.1, 0.15) is 0 Å². The average Bonchev–Trinajstić information content (AvgIpc) is 2.75. The van der Waals surface area contributed by atoms with Gasteiger partial charge in [-0.25, -0.2) is 0 Å². The third-order valence-electron chi connectivity index (χ3n) is 4.68. The van der Waals surface area contributed by atoms with Crippen LogP contribution in [0, 0.1) is 0 Å². The molecule has 0 unspecified atom stereocenters. The SMILES string of the molecule is COc1ccc(CCN(C)CCCNC(=O)C/C=C/c2ccccc2)cc1OC. The lowest BCUT2D eigenvalue weighted by Gasteiger charge is -2.17. The summed E-state index contributed by atoms with van der Waals surface area (Å²) < 4.78 is 10.6. The molecule has 0 saturated carbocycles. The average molecular weight is 397 g/mol. The Bertz CT molecular complexity index is 775. The normalized spacial score (nSPS) is 11.0. The first-order chi connectivity index (χ1) is 14.1. The molecule has 0 radical (unpaired) electrons. The van der Waals surface area contributed by atoms with Crippen LogP contribution >= 0.6 is 0 Å². The Morgan fingerprint density at radius 3 is 2.52 bits per heavy atom. The number of rotatable bonds is 12. The summed E-state index contributed by atoms with van der Waals surface area (Å²) in [6.07, 6.45) is 6.15. The van der Waals surface area contributed by atoms with Crippen molar-refractivity contribution in [1.29, 1.82) is 0 Å². The van der Waals surface area contributed by atoms with Gasteiger partial charge in [-0.05, 0) is 49.7 Å². The van der Waals surface area contributed by atoms with Gasteiger partial charge in [-0.1, -0.05) is 48.6 Å². The van der Waals surface area contributed by atoms with E-state index in [4.69, 9.17) is 9.47 Å². The second kappa shape index (κ2) is 12.6. The fraction of sp³-hybridized carbons (Fsp3) is 0.375. The number of amides is 1. The zero-order chi connectivity index (χ0) is 20.9. The molecule has 0 aromatic heterocycles. The third-order valence-corrected chi connectivity index (χ3v) is 4.68. The second-order valence-electron chi connectivity index (χ2n) is 6.96. The fourth-order valence-electron chi connectivity index (χ4n) is 2.98. The predicted molar refractivity (Wildman–Crippen MR) is 118 cm³/mol. The van der Waals surface area contributed by atoms with E-state index in [-0.39, 0.29) is 5.91 Å². The first-order valence-corrected chi connectivity index (χ1v) is 10.00. The van der Waals surface area contributed by atoms with Crippen LogP contribution in [0.2, 0.25) is 0 Å². The predicted octanol–water partition coefficient (Wildman–Crippen LogP) is 3.79.